The fourth-order valence-corrected chi connectivity index (χ4v) is 7.23. The fourth-order valence-electron chi connectivity index (χ4n) is 7.23. The molecule has 0 aliphatic carbocycles. The number of nitrogens with zero attached hydrogens (tertiary/aromatic N) is 1. The molecule has 4 heterocycles. The van der Waals surface area contributed by atoms with Gasteiger partial charge in [-0.3, -0.25) is 28.8 Å². The summed E-state index contributed by atoms with van der Waals surface area (Å²) in [5.41, 5.74) is 1.81. The molecule has 7 N–H and O–H groups in total. The molecule has 6 atom stereocenters. The number of fused-ring (bicyclic) bond motifs is 3. The van der Waals surface area contributed by atoms with Gasteiger partial charge in [-0.15, -0.1) is 0 Å². The molecule has 55 heavy (non-hydrogen) atoms. The Morgan fingerprint density at radius 2 is 1.69 bits per heavy atom. The van der Waals surface area contributed by atoms with Crippen LogP contribution in [0.5, 0.6) is 11.5 Å². The van der Waals surface area contributed by atoms with Gasteiger partial charge in [0.2, 0.25) is 36.3 Å². The van der Waals surface area contributed by atoms with Gasteiger partial charge < -0.3 is 51.0 Å². The number of ether oxygens (including phenoxy) is 2. The number of rotatable bonds is 6. The van der Waals surface area contributed by atoms with Crippen molar-refractivity contribution in [1.29, 1.82) is 0 Å². The molecule has 0 saturated carbocycles. The van der Waals surface area contributed by atoms with Gasteiger partial charge in [-0.25, -0.2) is 0 Å². The van der Waals surface area contributed by atoms with E-state index in [4.69, 9.17) is 9.47 Å². The van der Waals surface area contributed by atoms with Crippen molar-refractivity contribution in [3.63, 3.8) is 0 Å². The monoisotopic (exact) mass is 759 g/mol. The lowest BCUT2D eigenvalue weighted by atomic mass is 10.00. The van der Waals surface area contributed by atoms with Crippen LogP contribution >= 0.6 is 0 Å². The Kier molecular flexibility index (Phi) is 12.2. The van der Waals surface area contributed by atoms with E-state index in [-0.39, 0.29) is 57.0 Å². The van der Waals surface area contributed by atoms with Gasteiger partial charge >= 0.3 is 0 Å². The number of carbonyl (C=O) groups is 6. The first-order valence-corrected chi connectivity index (χ1v) is 18.8. The van der Waals surface area contributed by atoms with E-state index in [2.05, 4.69) is 31.6 Å². The second-order valence-corrected chi connectivity index (χ2v) is 14.8. The van der Waals surface area contributed by atoms with Gasteiger partial charge in [0.15, 0.2) is 11.5 Å². The first-order valence-electron chi connectivity index (χ1n) is 18.8. The lowest BCUT2D eigenvalue weighted by molar-refractivity contribution is -0.142. The molecule has 2 saturated heterocycles. The number of aliphatic hydroxyl groups is 1. The summed E-state index contributed by atoms with van der Waals surface area (Å²) in [7, 11) is 0. The molecule has 0 bridgehead atoms. The minimum absolute atomic E-state index is 0.0282. The third-order valence-corrected chi connectivity index (χ3v) is 10.1. The summed E-state index contributed by atoms with van der Waals surface area (Å²) in [5, 5.41) is 25.4. The predicted octanol–water partition coefficient (Wildman–Crippen LogP) is 1.02. The third kappa shape index (κ3) is 9.36. The third-order valence-electron chi connectivity index (χ3n) is 10.1. The topological polar surface area (TPSA) is 220 Å². The number of hydrogen-bond acceptors (Lipinski definition) is 9. The SMILES string of the molecule is CC(C)C[C@H]1NC(=O)[C@H](Cc2c[nH]c3ccccc23)NC(=O)[C@@H](C)NC(=O)[C@@H](NC(=O)c2ccc3c(c2)OCO3)CCCCNC(=O)[C@@H]2C[C@@H](O)CN2C1=O. The van der Waals surface area contributed by atoms with Crippen molar-refractivity contribution in [2.75, 3.05) is 19.9 Å². The largest absolute Gasteiger partial charge is 0.454 e. The molecule has 6 amide bonds. The highest BCUT2D eigenvalue weighted by Crippen LogP contribution is 2.32. The van der Waals surface area contributed by atoms with Crippen LogP contribution in [0.1, 0.15) is 68.8 Å². The molecule has 2 fully saturated rings. The average molecular weight is 760 g/mol. The molecule has 0 spiro atoms. The molecule has 3 aromatic rings. The van der Waals surface area contributed by atoms with Crippen LogP contribution in [0, 0.1) is 5.92 Å². The summed E-state index contributed by atoms with van der Waals surface area (Å²) in [6, 6.07) is 6.79. The minimum Gasteiger partial charge on any atom is -0.454 e. The number of benzene rings is 2. The number of aromatic amines is 1. The average Bonchev–Trinajstić information content (AvgIpc) is 3.90. The lowest BCUT2D eigenvalue weighted by Gasteiger charge is -2.30. The molecule has 3 aliphatic rings. The molecule has 16 heteroatoms. The molecule has 2 aromatic carbocycles. The first kappa shape index (κ1) is 39.1. The molecular formula is C39H49N7O9. The van der Waals surface area contributed by atoms with Gasteiger partial charge in [-0.1, -0.05) is 32.0 Å². The Morgan fingerprint density at radius 3 is 2.49 bits per heavy atom. The summed E-state index contributed by atoms with van der Waals surface area (Å²) < 4.78 is 10.7. The van der Waals surface area contributed by atoms with E-state index in [0.29, 0.717) is 24.3 Å². The number of aliphatic hydroxyl groups excluding tert-OH is 1. The molecule has 294 valence electrons. The van der Waals surface area contributed by atoms with E-state index >= 15 is 0 Å². The van der Waals surface area contributed by atoms with Gasteiger partial charge in [0.25, 0.3) is 5.91 Å². The number of hydrogen-bond donors (Lipinski definition) is 7. The summed E-state index contributed by atoms with van der Waals surface area (Å²) in [5.74, 6) is -2.54. The molecule has 0 unspecified atom stereocenters. The maximum atomic E-state index is 14.2. The van der Waals surface area contributed by atoms with E-state index in [1.807, 2.05) is 38.1 Å². The van der Waals surface area contributed by atoms with Crippen molar-refractivity contribution in [2.24, 2.45) is 5.92 Å². The second kappa shape index (κ2) is 17.2. The standard InChI is InChI=1S/C39H49N7O9/c1-21(2)14-30-39(53)46-19-25(47)17-31(46)38(52)40-13-7-6-10-28(43-35(49)23-11-12-32-33(16-23)55-20-54-32)36(50)42-22(3)34(48)44-29(37(51)45-30)15-24-18-41-27-9-5-4-8-26(24)27/h4-5,8-9,11-12,16,18,21-22,25,28-31,41,47H,6-7,10,13-15,17,19-20H2,1-3H3,(H,40,52)(H,42,50)(H,43,49)(H,44,48)(H,45,51)/t22-,25-,28+,29+,30-,31+/m1/s1. The predicted molar refractivity (Wildman–Crippen MR) is 200 cm³/mol. The van der Waals surface area contributed by atoms with Crippen molar-refractivity contribution < 1.29 is 43.3 Å². The number of aromatic nitrogens is 1. The van der Waals surface area contributed by atoms with E-state index in [0.717, 1.165) is 16.5 Å². The number of para-hydroxylation sites is 1. The maximum absolute atomic E-state index is 14.2. The van der Waals surface area contributed by atoms with Crippen LogP contribution in [0.15, 0.2) is 48.7 Å². The number of H-pyrrole nitrogens is 1. The molecule has 6 rings (SSSR count). The Labute approximate surface area is 318 Å². The fraction of sp³-hybridized carbons (Fsp3) is 0.487. The van der Waals surface area contributed by atoms with Gasteiger partial charge in [-0.05, 0) is 68.4 Å². The highest BCUT2D eigenvalue weighted by molar-refractivity contribution is 6.00. The van der Waals surface area contributed by atoms with E-state index < -0.39 is 71.8 Å². The number of nitrogens with one attached hydrogen (secondary N) is 6. The van der Waals surface area contributed by atoms with Crippen molar-refractivity contribution in [3.05, 3.63) is 59.8 Å². The van der Waals surface area contributed by atoms with Crippen molar-refractivity contribution >= 4 is 46.3 Å². The Bertz CT molecular complexity index is 1930. The van der Waals surface area contributed by atoms with Crippen LogP contribution in [0.3, 0.4) is 0 Å². The summed E-state index contributed by atoms with van der Waals surface area (Å²) in [4.78, 5) is 87.1. The molecule has 3 aliphatic heterocycles. The van der Waals surface area contributed by atoms with Gasteiger partial charge in [0.05, 0.1) is 6.10 Å². The van der Waals surface area contributed by atoms with Gasteiger partial charge in [-0.2, -0.15) is 0 Å². The van der Waals surface area contributed by atoms with Crippen LogP contribution < -0.4 is 36.1 Å². The highest BCUT2D eigenvalue weighted by atomic mass is 16.7. The van der Waals surface area contributed by atoms with Gasteiger partial charge in [0, 0.05) is 48.6 Å². The quantitative estimate of drug-likeness (QED) is 0.191. The molecule has 1 aromatic heterocycles. The van der Waals surface area contributed by atoms with Crippen LogP contribution in [0.4, 0.5) is 0 Å². The van der Waals surface area contributed by atoms with Crippen LogP contribution in [-0.2, 0) is 30.4 Å². The minimum atomic E-state index is -1.18. The van der Waals surface area contributed by atoms with Gasteiger partial charge in [0.1, 0.15) is 30.2 Å². The lowest BCUT2D eigenvalue weighted by Crippen LogP contribution is -2.59. The van der Waals surface area contributed by atoms with Crippen LogP contribution in [0.25, 0.3) is 10.9 Å². The van der Waals surface area contributed by atoms with Crippen molar-refractivity contribution in [1.82, 2.24) is 36.5 Å². The second-order valence-electron chi connectivity index (χ2n) is 14.8. The zero-order valence-corrected chi connectivity index (χ0v) is 31.2. The van der Waals surface area contributed by atoms with E-state index in [1.165, 1.54) is 17.9 Å². The maximum Gasteiger partial charge on any atom is 0.252 e. The highest BCUT2D eigenvalue weighted by Gasteiger charge is 2.42. The van der Waals surface area contributed by atoms with E-state index in [1.54, 1.807) is 18.3 Å². The smallest absolute Gasteiger partial charge is 0.252 e. The zero-order valence-electron chi connectivity index (χ0n) is 31.2. The zero-order chi connectivity index (χ0) is 39.2. The number of carbonyl (C=O) groups excluding carboxylic acids is 6. The van der Waals surface area contributed by atoms with Crippen molar-refractivity contribution in [3.8, 4) is 11.5 Å². The first-order chi connectivity index (χ1) is 26.4. The van der Waals surface area contributed by atoms with Crippen LogP contribution in [0.2, 0.25) is 0 Å². The van der Waals surface area contributed by atoms with Crippen molar-refractivity contribution in [2.45, 2.75) is 95.6 Å². The molecule has 16 nitrogen and oxygen atoms in total. The normalized spacial score (nSPS) is 25.6. The molecular weight excluding hydrogens is 710 g/mol. The van der Waals surface area contributed by atoms with E-state index in [9.17, 15) is 33.9 Å². The Morgan fingerprint density at radius 1 is 0.927 bits per heavy atom. The number of amides is 6. The Balaban J connectivity index is 1.27. The summed E-state index contributed by atoms with van der Waals surface area (Å²) in [6.45, 7) is 5.44. The summed E-state index contributed by atoms with van der Waals surface area (Å²) in [6.07, 6.45) is 2.14. The molecule has 0 radical (unpaired) electrons. The Hall–Kier alpha value is -5.64. The van der Waals surface area contributed by atoms with Crippen LogP contribution in [-0.4, -0.2) is 107 Å². The summed E-state index contributed by atoms with van der Waals surface area (Å²) >= 11 is 0.